The Morgan fingerprint density at radius 1 is 1.06 bits per heavy atom. The van der Waals surface area contributed by atoms with Gasteiger partial charge in [0.05, 0.1) is 0 Å². The Hall–Kier alpha value is -1.65. The molecule has 0 saturated heterocycles. The van der Waals surface area contributed by atoms with Gasteiger partial charge in [-0.25, -0.2) is 14.8 Å². The van der Waals surface area contributed by atoms with Gasteiger partial charge in [0.25, 0.3) is 0 Å². The molecule has 0 bridgehead atoms. The fourth-order valence-electron chi connectivity index (χ4n) is 1.34. The fourth-order valence-corrected chi connectivity index (χ4v) is 1.59. The van der Waals surface area contributed by atoms with Gasteiger partial charge in [0.2, 0.25) is 0 Å². The number of aromatic nitrogens is 2. The van der Waals surface area contributed by atoms with Gasteiger partial charge in [0.15, 0.2) is 16.0 Å². The van der Waals surface area contributed by atoms with Crippen LogP contribution in [0.25, 0.3) is 11.3 Å². The molecule has 6 heteroatoms. The Kier molecular flexibility index (Phi) is 3.26. The minimum absolute atomic E-state index is 0.0180. The van der Waals surface area contributed by atoms with Crippen LogP contribution in [0.2, 0.25) is 10.3 Å². The zero-order valence-electron chi connectivity index (χ0n) is 8.39. The van der Waals surface area contributed by atoms with E-state index < -0.39 is 5.97 Å². The highest BCUT2D eigenvalue weighted by molar-refractivity contribution is 6.40. The van der Waals surface area contributed by atoms with Crippen LogP contribution < -0.4 is 0 Å². The second-order valence-corrected chi connectivity index (χ2v) is 3.89. The SMILES string of the molecule is O=C(O)c1nc(Cl)c(Cl)nc1-c1ccccc1. The zero-order valence-corrected chi connectivity index (χ0v) is 9.90. The van der Waals surface area contributed by atoms with Crippen molar-refractivity contribution in [2.45, 2.75) is 0 Å². The predicted octanol–water partition coefficient (Wildman–Crippen LogP) is 3.15. The molecule has 1 aromatic carbocycles. The molecule has 0 unspecified atom stereocenters. The molecule has 0 aliphatic carbocycles. The Labute approximate surface area is 107 Å². The average Bonchev–Trinajstić information content (AvgIpc) is 2.33. The molecule has 2 rings (SSSR count). The van der Waals surface area contributed by atoms with E-state index in [9.17, 15) is 4.79 Å². The van der Waals surface area contributed by atoms with Gasteiger partial charge in [-0.05, 0) is 0 Å². The molecule has 0 aliphatic rings. The van der Waals surface area contributed by atoms with E-state index in [1.54, 1.807) is 24.3 Å². The first kappa shape index (κ1) is 11.8. The highest BCUT2D eigenvalue weighted by Gasteiger charge is 2.18. The van der Waals surface area contributed by atoms with E-state index in [0.29, 0.717) is 5.56 Å². The number of carbonyl (C=O) groups is 1. The lowest BCUT2D eigenvalue weighted by Gasteiger charge is -2.05. The lowest BCUT2D eigenvalue weighted by molar-refractivity contribution is 0.0691. The first-order valence-corrected chi connectivity index (χ1v) is 5.37. The van der Waals surface area contributed by atoms with Crippen LogP contribution in [-0.2, 0) is 0 Å². The summed E-state index contributed by atoms with van der Waals surface area (Å²) in [4.78, 5) is 18.7. The third-order valence-electron chi connectivity index (χ3n) is 2.06. The van der Waals surface area contributed by atoms with E-state index in [-0.39, 0.29) is 21.7 Å². The van der Waals surface area contributed by atoms with Gasteiger partial charge < -0.3 is 5.11 Å². The minimum atomic E-state index is -1.20. The zero-order chi connectivity index (χ0) is 12.4. The molecule has 0 aliphatic heterocycles. The van der Waals surface area contributed by atoms with Crippen LogP contribution in [0.15, 0.2) is 30.3 Å². The maximum Gasteiger partial charge on any atom is 0.356 e. The third-order valence-corrected chi connectivity index (χ3v) is 2.69. The largest absolute Gasteiger partial charge is 0.476 e. The quantitative estimate of drug-likeness (QED) is 0.909. The summed E-state index contributed by atoms with van der Waals surface area (Å²) < 4.78 is 0. The van der Waals surface area contributed by atoms with Crippen molar-refractivity contribution in [2.24, 2.45) is 0 Å². The summed E-state index contributed by atoms with van der Waals surface area (Å²) in [7, 11) is 0. The standard InChI is InChI=1S/C11H6Cl2N2O2/c12-9-10(13)15-8(11(16)17)7(14-9)6-4-2-1-3-5-6/h1-5H,(H,16,17). The molecule has 17 heavy (non-hydrogen) atoms. The van der Waals surface area contributed by atoms with Crippen LogP contribution in [-0.4, -0.2) is 21.0 Å². The normalized spacial score (nSPS) is 10.2. The van der Waals surface area contributed by atoms with E-state index in [1.807, 2.05) is 6.07 Å². The topological polar surface area (TPSA) is 63.1 Å². The van der Waals surface area contributed by atoms with Crippen molar-refractivity contribution in [2.75, 3.05) is 0 Å². The van der Waals surface area contributed by atoms with Gasteiger partial charge in [0.1, 0.15) is 5.69 Å². The monoisotopic (exact) mass is 268 g/mol. The van der Waals surface area contributed by atoms with Gasteiger partial charge in [-0.2, -0.15) is 0 Å². The lowest BCUT2D eigenvalue weighted by Crippen LogP contribution is -2.06. The number of rotatable bonds is 2. The van der Waals surface area contributed by atoms with E-state index >= 15 is 0 Å². The number of benzene rings is 1. The summed E-state index contributed by atoms with van der Waals surface area (Å²) >= 11 is 11.4. The lowest BCUT2D eigenvalue weighted by atomic mass is 10.1. The fraction of sp³-hybridized carbons (Fsp3) is 0. The summed E-state index contributed by atoms with van der Waals surface area (Å²) in [5, 5.41) is 8.90. The van der Waals surface area contributed by atoms with Gasteiger partial charge in [-0.1, -0.05) is 53.5 Å². The van der Waals surface area contributed by atoms with Crippen molar-refractivity contribution in [3.63, 3.8) is 0 Å². The van der Waals surface area contributed by atoms with E-state index in [4.69, 9.17) is 28.3 Å². The van der Waals surface area contributed by atoms with Crippen molar-refractivity contribution < 1.29 is 9.90 Å². The number of hydrogen-bond acceptors (Lipinski definition) is 3. The maximum atomic E-state index is 11.1. The second kappa shape index (κ2) is 4.69. The molecule has 0 amide bonds. The molecule has 4 nitrogen and oxygen atoms in total. The summed E-state index contributed by atoms with van der Waals surface area (Å²) in [5.41, 5.74) is 0.606. The predicted molar refractivity (Wildman–Crippen MR) is 64.4 cm³/mol. The molecule has 86 valence electrons. The molecule has 0 saturated carbocycles. The molecule has 1 heterocycles. The molecular formula is C11H6Cl2N2O2. The van der Waals surface area contributed by atoms with Gasteiger partial charge >= 0.3 is 5.97 Å². The van der Waals surface area contributed by atoms with E-state index in [0.717, 1.165) is 0 Å². The smallest absolute Gasteiger partial charge is 0.356 e. The van der Waals surface area contributed by atoms with Crippen molar-refractivity contribution in [1.82, 2.24) is 9.97 Å². The molecule has 0 spiro atoms. The maximum absolute atomic E-state index is 11.1. The van der Waals surface area contributed by atoms with E-state index in [2.05, 4.69) is 9.97 Å². The Morgan fingerprint density at radius 2 is 1.65 bits per heavy atom. The number of carboxylic acids is 1. The summed E-state index contributed by atoms with van der Waals surface area (Å²) in [5.74, 6) is -1.20. The highest BCUT2D eigenvalue weighted by Crippen LogP contribution is 2.26. The Bertz CT molecular complexity index is 573. The third kappa shape index (κ3) is 2.38. The summed E-state index contributed by atoms with van der Waals surface area (Å²) in [6.45, 7) is 0. The number of hydrogen-bond donors (Lipinski definition) is 1. The average molecular weight is 269 g/mol. The Balaban J connectivity index is 2.68. The first-order chi connectivity index (χ1) is 8.09. The molecule has 1 N–H and O–H groups in total. The highest BCUT2D eigenvalue weighted by atomic mass is 35.5. The Morgan fingerprint density at radius 3 is 2.24 bits per heavy atom. The van der Waals surface area contributed by atoms with Crippen molar-refractivity contribution >= 4 is 29.2 Å². The van der Waals surface area contributed by atoms with Crippen LogP contribution in [0, 0.1) is 0 Å². The van der Waals surface area contributed by atoms with Crippen molar-refractivity contribution in [3.8, 4) is 11.3 Å². The molecule has 0 radical (unpaired) electrons. The minimum Gasteiger partial charge on any atom is -0.476 e. The van der Waals surface area contributed by atoms with Crippen LogP contribution >= 0.6 is 23.2 Å². The molecule has 1 aromatic heterocycles. The van der Waals surface area contributed by atoms with Gasteiger partial charge in [-0.3, -0.25) is 0 Å². The first-order valence-electron chi connectivity index (χ1n) is 4.61. The van der Waals surface area contributed by atoms with E-state index in [1.165, 1.54) is 0 Å². The van der Waals surface area contributed by atoms with Crippen LogP contribution in [0.4, 0.5) is 0 Å². The number of aromatic carboxylic acids is 1. The number of halogens is 2. The second-order valence-electron chi connectivity index (χ2n) is 3.17. The molecule has 2 aromatic rings. The van der Waals surface area contributed by atoms with Crippen LogP contribution in [0.5, 0.6) is 0 Å². The molecular weight excluding hydrogens is 263 g/mol. The summed E-state index contributed by atoms with van der Waals surface area (Å²) in [6.07, 6.45) is 0. The van der Waals surface area contributed by atoms with Gasteiger partial charge in [0, 0.05) is 5.56 Å². The van der Waals surface area contributed by atoms with Crippen LogP contribution in [0.3, 0.4) is 0 Å². The molecule has 0 fully saturated rings. The van der Waals surface area contributed by atoms with Crippen LogP contribution in [0.1, 0.15) is 10.5 Å². The van der Waals surface area contributed by atoms with Gasteiger partial charge in [-0.15, -0.1) is 0 Å². The van der Waals surface area contributed by atoms with Crippen molar-refractivity contribution in [3.05, 3.63) is 46.3 Å². The summed E-state index contributed by atoms with van der Waals surface area (Å²) in [6, 6.07) is 8.80. The molecule has 0 atom stereocenters. The van der Waals surface area contributed by atoms with Crippen molar-refractivity contribution in [1.29, 1.82) is 0 Å². The number of nitrogens with zero attached hydrogens (tertiary/aromatic N) is 2. The number of carboxylic acid groups (broad SMARTS) is 1.